The topological polar surface area (TPSA) is 66.4 Å². The molecule has 1 amide bonds. The van der Waals surface area contributed by atoms with Crippen LogP contribution < -0.4 is 5.32 Å². The second-order valence-corrected chi connectivity index (χ2v) is 6.18. The molecule has 0 aromatic carbocycles. The molecule has 0 bridgehead atoms. The Morgan fingerprint density at radius 2 is 1.50 bits per heavy atom. The highest BCUT2D eigenvalue weighted by molar-refractivity contribution is 5.78. The van der Waals surface area contributed by atoms with Crippen LogP contribution in [-0.4, -0.2) is 23.5 Å². The quantitative estimate of drug-likeness (QED) is 0.437. The lowest BCUT2D eigenvalue weighted by Gasteiger charge is -2.16. The number of hydrogen-bond acceptors (Lipinski definition) is 2. The van der Waals surface area contributed by atoms with E-state index in [1.165, 1.54) is 19.3 Å². The molecule has 1 unspecified atom stereocenters. The maximum atomic E-state index is 12.2. The van der Waals surface area contributed by atoms with Crippen molar-refractivity contribution in [2.45, 2.75) is 90.9 Å². The minimum atomic E-state index is -0.740. The Labute approximate surface area is 136 Å². The Kier molecular flexibility index (Phi) is 14.1. The van der Waals surface area contributed by atoms with Crippen molar-refractivity contribution in [3.63, 3.8) is 0 Å². The van der Waals surface area contributed by atoms with E-state index in [0.717, 1.165) is 44.9 Å². The second-order valence-electron chi connectivity index (χ2n) is 6.18. The molecular formula is C18H35NO3. The molecule has 0 aliphatic heterocycles. The molecule has 0 aromatic heterocycles. The summed E-state index contributed by atoms with van der Waals surface area (Å²) < 4.78 is 0. The number of carboxylic acids is 1. The van der Waals surface area contributed by atoms with Gasteiger partial charge in [0.05, 0.1) is 0 Å². The monoisotopic (exact) mass is 313 g/mol. The predicted molar refractivity (Wildman–Crippen MR) is 90.9 cm³/mol. The van der Waals surface area contributed by atoms with Crippen LogP contribution in [-0.2, 0) is 9.59 Å². The lowest BCUT2D eigenvalue weighted by atomic mass is 9.94. The predicted octanol–water partition coefficient (Wildman–Crippen LogP) is 4.52. The summed E-state index contributed by atoms with van der Waals surface area (Å²) in [5, 5.41) is 11.6. The van der Waals surface area contributed by atoms with E-state index in [9.17, 15) is 9.59 Å². The van der Waals surface area contributed by atoms with Crippen molar-refractivity contribution in [3.8, 4) is 0 Å². The van der Waals surface area contributed by atoms with E-state index in [0.29, 0.717) is 13.0 Å². The molecule has 0 aliphatic carbocycles. The van der Waals surface area contributed by atoms with Gasteiger partial charge in [0.2, 0.25) is 5.91 Å². The van der Waals surface area contributed by atoms with Gasteiger partial charge in [0.1, 0.15) is 0 Å². The average molecular weight is 313 g/mol. The van der Waals surface area contributed by atoms with Gasteiger partial charge >= 0.3 is 5.97 Å². The fourth-order valence-corrected chi connectivity index (χ4v) is 2.61. The Balaban J connectivity index is 3.86. The summed E-state index contributed by atoms with van der Waals surface area (Å²) in [5.41, 5.74) is 0. The van der Waals surface area contributed by atoms with Crippen molar-refractivity contribution in [2.75, 3.05) is 6.54 Å². The Hall–Kier alpha value is -1.06. The Morgan fingerprint density at radius 1 is 0.864 bits per heavy atom. The number of rotatable bonds is 15. The summed E-state index contributed by atoms with van der Waals surface area (Å²) in [6, 6.07) is 0. The van der Waals surface area contributed by atoms with Crippen LogP contribution in [0.15, 0.2) is 0 Å². The first-order valence-electron chi connectivity index (χ1n) is 9.11. The third-order valence-corrected chi connectivity index (χ3v) is 4.05. The zero-order valence-corrected chi connectivity index (χ0v) is 14.5. The number of carbonyl (C=O) groups is 2. The molecule has 0 saturated carbocycles. The smallest absolute Gasteiger partial charge is 0.303 e. The largest absolute Gasteiger partial charge is 0.481 e. The molecule has 2 N–H and O–H groups in total. The number of amides is 1. The van der Waals surface area contributed by atoms with Crippen molar-refractivity contribution in [2.24, 2.45) is 5.92 Å². The minimum absolute atomic E-state index is 0.163. The van der Waals surface area contributed by atoms with Crippen molar-refractivity contribution in [1.29, 1.82) is 0 Å². The second kappa shape index (κ2) is 14.9. The van der Waals surface area contributed by atoms with Crippen LogP contribution in [0.25, 0.3) is 0 Å². The summed E-state index contributed by atoms with van der Waals surface area (Å²) in [6.07, 6.45) is 11.8. The normalized spacial score (nSPS) is 12.1. The zero-order valence-electron chi connectivity index (χ0n) is 14.5. The fraction of sp³-hybridized carbons (Fsp3) is 0.889. The molecule has 0 spiro atoms. The molecule has 0 rings (SSSR count). The van der Waals surface area contributed by atoms with Crippen LogP contribution in [0, 0.1) is 5.92 Å². The van der Waals surface area contributed by atoms with E-state index >= 15 is 0 Å². The Bertz CT molecular complexity index is 292. The van der Waals surface area contributed by atoms with Gasteiger partial charge in [-0.05, 0) is 25.7 Å². The van der Waals surface area contributed by atoms with Crippen molar-refractivity contribution < 1.29 is 14.7 Å². The van der Waals surface area contributed by atoms with Gasteiger partial charge in [0.25, 0.3) is 0 Å². The number of carboxylic acid groups (broad SMARTS) is 1. The van der Waals surface area contributed by atoms with Crippen LogP contribution in [0.5, 0.6) is 0 Å². The molecule has 0 heterocycles. The molecule has 0 radical (unpaired) electrons. The van der Waals surface area contributed by atoms with Crippen LogP contribution in [0.2, 0.25) is 0 Å². The highest BCUT2D eigenvalue weighted by Gasteiger charge is 2.16. The number of hydrogen-bond donors (Lipinski definition) is 2. The van der Waals surface area contributed by atoms with Crippen LogP contribution in [0.4, 0.5) is 0 Å². The Morgan fingerprint density at radius 3 is 2.14 bits per heavy atom. The molecule has 0 aliphatic rings. The van der Waals surface area contributed by atoms with Crippen LogP contribution in [0.1, 0.15) is 90.9 Å². The summed E-state index contributed by atoms with van der Waals surface area (Å²) in [6.45, 7) is 5.04. The van der Waals surface area contributed by atoms with E-state index in [-0.39, 0.29) is 18.2 Å². The number of carbonyl (C=O) groups excluding carboxylic acids is 1. The third-order valence-electron chi connectivity index (χ3n) is 4.05. The molecule has 22 heavy (non-hydrogen) atoms. The van der Waals surface area contributed by atoms with Crippen molar-refractivity contribution in [3.05, 3.63) is 0 Å². The van der Waals surface area contributed by atoms with E-state index in [1.54, 1.807) is 0 Å². The molecule has 130 valence electrons. The zero-order chi connectivity index (χ0) is 16.6. The maximum Gasteiger partial charge on any atom is 0.303 e. The highest BCUT2D eigenvalue weighted by Crippen LogP contribution is 2.17. The lowest BCUT2D eigenvalue weighted by Crippen LogP contribution is -2.31. The van der Waals surface area contributed by atoms with Crippen LogP contribution >= 0.6 is 0 Å². The van der Waals surface area contributed by atoms with Gasteiger partial charge in [-0.2, -0.15) is 0 Å². The number of nitrogens with one attached hydrogen (secondary N) is 1. The van der Waals surface area contributed by atoms with Gasteiger partial charge in [0, 0.05) is 18.9 Å². The van der Waals surface area contributed by atoms with Gasteiger partial charge in [0.15, 0.2) is 0 Å². The van der Waals surface area contributed by atoms with Gasteiger partial charge in [-0.25, -0.2) is 0 Å². The molecule has 0 fully saturated rings. The maximum absolute atomic E-state index is 12.2. The SMILES string of the molecule is CCCCCCC(CCCC)C(=O)NCCCCCC(=O)O. The van der Waals surface area contributed by atoms with Gasteiger partial charge in [-0.15, -0.1) is 0 Å². The fourth-order valence-electron chi connectivity index (χ4n) is 2.61. The molecule has 4 heteroatoms. The van der Waals surface area contributed by atoms with E-state index in [4.69, 9.17) is 5.11 Å². The molecule has 4 nitrogen and oxygen atoms in total. The van der Waals surface area contributed by atoms with Crippen molar-refractivity contribution in [1.82, 2.24) is 5.32 Å². The minimum Gasteiger partial charge on any atom is -0.481 e. The molecular weight excluding hydrogens is 278 g/mol. The molecule has 0 aromatic rings. The van der Waals surface area contributed by atoms with Gasteiger partial charge in [-0.1, -0.05) is 58.8 Å². The van der Waals surface area contributed by atoms with E-state index < -0.39 is 5.97 Å². The standard InChI is InChI=1S/C18H35NO3/c1-3-5-7-9-13-16(12-6-4-2)18(22)19-15-11-8-10-14-17(20)21/h16H,3-15H2,1-2H3,(H,19,22)(H,20,21). The van der Waals surface area contributed by atoms with Crippen molar-refractivity contribution >= 4 is 11.9 Å². The number of unbranched alkanes of at least 4 members (excludes halogenated alkanes) is 6. The average Bonchev–Trinajstić information content (AvgIpc) is 2.49. The molecule has 0 saturated heterocycles. The van der Waals surface area contributed by atoms with E-state index in [1.807, 2.05) is 0 Å². The third kappa shape index (κ3) is 12.7. The summed E-state index contributed by atoms with van der Waals surface area (Å²) in [5.74, 6) is -0.380. The lowest BCUT2D eigenvalue weighted by molar-refractivity contribution is -0.137. The van der Waals surface area contributed by atoms with E-state index in [2.05, 4.69) is 19.2 Å². The van der Waals surface area contributed by atoms with Crippen LogP contribution in [0.3, 0.4) is 0 Å². The highest BCUT2D eigenvalue weighted by atomic mass is 16.4. The van der Waals surface area contributed by atoms with Gasteiger partial charge < -0.3 is 10.4 Å². The summed E-state index contributed by atoms with van der Waals surface area (Å²) in [7, 11) is 0. The molecule has 1 atom stereocenters. The van der Waals surface area contributed by atoms with Gasteiger partial charge in [-0.3, -0.25) is 9.59 Å². The summed E-state index contributed by atoms with van der Waals surface area (Å²) in [4.78, 5) is 22.7. The first-order chi connectivity index (χ1) is 10.6. The number of aliphatic carboxylic acids is 1. The summed E-state index contributed by atoms with van der Waals surface area (Å²) >= 11 is 0. The first kappa shape index (κ1) is 20.9. The first-order valence-corrected chi connectivity index (χ1v) is 9.11.